The molecule has 0 aliphatic rings. The number of hydrogen-bond donors (Lipinski definition) is 1. The van der Waals surface area contributed by atoms with Gasteiger partial charge in [-0.2, -0.15) is 5.10 Å². The van der Waals surface area contributed by atoms with Crippen LogP contribution in [-0.2, 0) is 0 Å². The van der Waals surface area contributed by atoms with Crippen molar-refractivity contribution in [1.29, 1.82) is 0 Å². The third kappa shape index (κ3) is 2.99. The third-order valence-electron chi connectivity index (χ3n) is 3.17. The van der Waals surface area contributed by atoms with Crippen molar-refractivity contribution in [2.45, 2.75) is 26.7 Å². The molecular weight excluding hydrogens is 234 g/mol. The van der Waals surface area contributed by atoms with Crippen molar-refractivity contribution in [2.24, 2.45) is 5.10 Å². The molecule has 0 saturated heterocycles. The minimum Gasteiger partial charge on any atom is -0.279 e. The predicted molar refractivity (Wildman–Crippen MR) is 81.7 cm³/mol. The Labute approximate surface area is 114 Å². The fourth-order valence-electron chi connectivity index (χ4n) is 2.00. The van der Waals surface area contributed by atoms with Gasteiger partial charge in [0.25, 0.3) is 0 Å². The number of rotatable bonds is 4. The number of benzene rings is 1. The minimum atomic E-state index is 0.508. The lowest BCUT2D eigenvalue weighted by Gasteiger charge is -2.10. The summed E-state index contributed by atoms with van der Waals surface area (Å²) < 4.78 is 0. The maximum atomic E-state index is 4.45. The van der Waals surface area contributed by atoms with Gasteiger partial charge in [-0.25, -0.2) is 0 Å². The summed E-state index contributed by atoms with van der Waals surface area (Å²) in [4.78, 5) is 4.45. The highest BCUT2D eigenvalue weighted by Gasteiger charge is 2.05. The quantitative estimate of drug-likeness (QED) is 0.654. The van der Waals surface area contributed by atoms with Crippen molar-refractivity contribution in [3.05, 3.63) is 47.7 Å². The van der Waals surface area contributed by atoms with Gasteiger partial charge in [0.05, 0.1) is 11.4 Å². The molecule has 0 bridgehead atoms. The van der Waals surface area contributed by atoms with Crippen molar-refractivity contribution in [3.8, 4) is 11.3 Å². The van der Waals surface area contributed by atoms with Crippen molar-refractivity contribution in [3.63, 3.8) is 0 Å². The zero-order chi connectivity index (χ0) is 13.8. The van der Waals surface area contributed by atoms with E-state index < -0.39 is 0 Å². The normalized spacial score (nSPS) is 10.5. The van der Waals surface area contributed by atoms with E-state index in [4.69, 9.17) is 0 Å². The smallest absolute Gasteiger partial charge is 0.0704 e. The largest absolute Gasteiger partial charge is 0.279 e. The number of hydrazone groups is 1. The average molecular weight is 253 g/mol. The molecule has 0 unspecified atom stereocenters. The van der Waals surface area contributed by atoms with Crippen LogP contribution < -0.4 is 5.43 Å². The topological polar surface area (TPSA) is 37.3 Å². The summed E-state index contributed by atoms with van der Waals surface area (Å²) in [6.45, 7) is 9.86. The maximum Gasteiger partial charge on any atom is 0.0704 e. The first kappa shape index (κ1) is 13.3. The highest BCUT2D eigenvalue weighted by Crippen LogP contribution is 2.25. The van der Waals surface area contributed by atoms with Gasteiger partial charge < -0.3 is 0 Å². The molecule has 1 N–H and O–H groups in total. The summed E-state index contributed by atoms with van der Waals surface area (Å²) in [6.07, 6.45) is 1.87. The van der Waals surface area contributed by atoms with E-state index in [0.29, 0.717) is 5.92 Å². The molecule has 1 heterocycles. The fourth-order valence-corrected chi connectivity index (χ4v) is 2.00. The fraction of sp³-hybridized carbons (Fsp3) is 0.250. The van der Waals surface area contributed by atoms with Gasteiger partial charge in [-0.1, -0.05) is 19.9 Å². The first-order valence-corrected chi connectivity index (χ1v) is 6.40. The summed E-state index contributed by atoms with van der Waals surface area (Å²) in [5.74, 6) is 0.508. The first-order valence-electron chi connectivity index (χ1n) is 6.40. The molecule has 0 amide bonds. The van der Waals surface area contributed by atoms with Crippen LogP contribution in [0.3, 0.4) is 0 Å². The third-order valence-corrected chi connectivity index (χ3v) is 3.17. The molecule has 0 atom stereocenters. The molecule has 19 heavy (non-hydrogen) atoms. The summed E-state index contributed by atoms with van der Waals surface area (Å²) in [5, 5.41) is 3.69. The predicted octanol–water partition coefficient (Wildman–Crippen LogP) is 4.21. The van der Waals surface area contributed by atoms with Gasteiger partial charge in [0.1, 0.15) is 0 Å². The Bertz CT molecular complexity index is 588. The molecule has 0 fully saturated rings. The summed E-state index contributed by atoms with van der Waals surface area (Å²) in [7, 11) is 0. The zero-order valence-corrected chi connectivity index (χ0v) is 11.6. The van der Waals surface area contributed by atoms with E-state index in [1.165, 1.54) is 5.56 Å². The molecule has 0 aliphatic carbocycles. The van der Waals surface area contributed by atoms with Gasteiger partial charge >= 0.3 is 0 Å². The number of anilines is 1. The van der Waals surface area contributed by atoms with Crippen LogP contribution >= 0.6 is 0 Å². The molecule has 0 saturated carbocycles. The van der Waals surface area contributed by atoms with Gasteiger partial charge in [-0.3, -0.25) is 10.4 Å². The average Bonchev–Trinajstić information content (AvgIpc) is 2.41. The van der Waals surface area contributed by atoms with Crippen molar-refractivity contribution >= 4 is 12.4 Å². The summed E-state index contributed by atoms with van der Waals surface area (Å²) in [5.41, 5.74) is 8.41. The number of aryl methyl sites for hydroxylation is 1. The molecule has 0 radical (unpaired) electrons. The molecule has 1 aromatic carbocycles. The standard InChI is InChI=1S/C16H19N3/c1-11(2)13-7-8-18-16(10-13)14-5-6-15(19-17-4)12(3)9-14/h5-11,19H,4H2,1-3H3. The molecular formula is C16H19N3. The summed E-state index contributed by atoms with van der Waals surface area (Å²) >= 11 is 0. The zero-order valence-electron chi connectivity index (χ0n) is 11.6. The van der Waals surface area contributed by atoms with Gasteiger partial charge in [-0.15, -0.1) is 0 Å². The van der Waals surface area contributed by atoms with Crippen LogP contribution in [0.15, 0.2) is 41.6 Å². The highest BCUT2D eigenvalue weighted by molar-refractivity contribution is 5.66. The van der Waals surface area contributed by atoms with Gasteiger partial charge in [0.2, 0.25) is 0 Å². The Balaban J connectivity index is 2.39. The molecule has 3 nitrogen and oxygen atoms in total. The van der Waals surface area contributed by atoms with Gasteiger partial charge in [0.15, 0.2) is 0 Å². The van der Waals surface area contributed by atoms with Crippen LogP contribution in [0.2, 0.25) is 0 Å². The molecule has 1 aromatic heterocycles. The highest BCUT2D eigenvalue weighted by atomic mass is 15.3. The number of aromatic nitrogens is 1. The van der Waals surface area contributed by atoms with Crippen LogP contribution in [0.1, 0.15) is 30.9 Å². The van der Waals surface area contributed by atoms with Crippen LogP contribution in [0, 0.1) is 6.92 Å². The second kappa shape index (κ2) is 5.65. The number of nitrogens with zero attached hydrogens (tertiary/aromatic N) is 2. The molecule has 98 valence electrons. The van der Waals surface area contributed by atoms with Gasteiger partial charge in [-0.05, 0) is 48.2 Å². The lowest BCUT2D eigenvalue weighted by molar-refractivity contribution is 0.864. The van der Waals surface area contributed by atoms with Crippen molar-refractivity contribution in [2.75, 3.05) is 5.43 Å². The van der Waals surface area contributed by atoms with E-state index in [-0.39, 0.29) is 0 Å². The van der Waals surface area contributed by atoms with Crippen LogP contribution in [-0.4, -0.2) is 11.7 Å². The van der Waals surface area contributed by atoms with Crippen LogP contribution in [0.5, 0.6) is 0 Å². The Morgan fingerprint density at radius 1 is 1.21 bits per heavy atom. The molecule has 2 aromatic rings. The number of pyridine rings is 1. The monoisotopic (exact) mass is 253 g/mol. The maximum absolute atomic E-state index is 4.45. The van der Waals surface area contributed by atoms with E-state index in [9.17, 15) is 0 Å². The second-order valence-corrected chi connectivity index (χ2v) is 4.93. The lowest BCUT2D eigenvalue weighted by atomic mass is 10.0. The Morgan fingerprint density at radius 3 is 2.63 bits per heavy atom. The minimum absolute atomic E-state index is 0.508. The second-order valence-electron chi connectivity index (χ2n) is 4.93. The first-order chi connectivity index (χ1) is 9.11. The van der Waals surface area contributed by atoms with E-state index >= 15 is 0 Å². The Hall–Kier alpha value is -2.16. The van der Waals surface area contributed by atoms with E-state index in [0.717, 1.165) is 22.5 Å². The lowest BCUT2D eigenvalue weighted by Crippen LogP contribution is -1.93. The number of nitrogens with one attached hydrogen (secondary N) is 1. The molecule has 0 aliphatic heterocycles. The molecule has 0 spiro atoms. The van der Waals surface area contributed by atoms with Gasteiger partial charge in [0, 0.05) is 18.5 Å². The van der Waals surface area contributed by atoms with E-state index in [1.54, 1.807) is 0 Å². The van der Waals surface area contributed by atoms with Crippen LogP contribution in [0.25, 0.3) is 11.3 Å². The van der Waals surface area contributed by atoms with E-state index in [2.05, 4.69) is 54.3 Å². The summed E-state index contributed by atoms with van der Waals surface area (Å²) in [6, 6.07) is 10.4. The number of hydrogen-bond acceptors (Lipinski definition) is 3. The van der Waals surface area contributed by atoms with Crippen molar-refractivity contribution in [1.82, 2.24) is 4.98 Å². The van der Waals surface area contributed by atoms with Crippen LogP contribution in [0.4, 0.5) is 5.69 Å². The SMILES string of the molecule is C=NNc1ccc(-c2cc(C(C)C)ccn2)cc1C. The molecule has 2 rings (SSSR count). The Morgan fingerprint density at radius 2 is 2.00 bits per heavy atom. The van der Waals surface area contributed by atoms with Crippen molar-refractivity contribution < 1.29 is 0 Å². The molecule has 3 heteroatoms. The Kier molecular flexibility index (Phi) is 3.95. The van der Waals surface area contributed by atoms with E-state index in [1.807, 2.05) is 25.3 Å².